The molecule has 0 aliphatic rings. The number of amides is 1. The van der Waals surface area contributed by atoms with E-state index in [0.29, 0.717) is 11.6 Å². The number of nitrogens with two attached hydrogens (primary N) is 1. The number of benzene rings is 6. The molecule has 12 heteroatoms. The van der Waals surface area contributed by atoms with Crippen molar-refractivity contribution in [3.8, 4) is 0 Å². The number of fused-ring (bicyclic) bond motifs is 1. The number of aromatic nitrogens is 2. The summed E-state index contributed by atoms with van der Waals surface area (Å²) in [5.41, 5.74) is 9.70. The highest BCUT2D eigenvalue weighted by atomic mass is 32.2. The van der Waals surface area contributed by atoms with Crippen molar-refractivity contribution >= 4 is 43.8 Å². The molecule has 0 aliphatic heterocycles. The third kappa shape index (κ3) is 7.49. The number of nitrogens with zero attached hydrogens (tertiary/aromatic N) is 4. The maximum Gasteiger partial charge on any atom is 0.258 e. The highest BCUT2D eigenvalue weighted by molar-refractivity contribution is 7.91. The molecule has 0 aliphatic carbocycles. The predicted octanol–water partition coefficient (Wildman–Crippen LogP) is 8.21. The molecule has 3 N–H and O–H groups in total. The summed E-state index contributed by atoms with van der Waals surface area (Å²) in [5.74, 6) is -2.57. The first-order valence-corrected chi connectivity index (χ1v) is 19.9. The number of hydrogen-bond donors (Lipinski definition) is 2. The van der Waals surface area contributed by atoms with Gasteiger partial charge in [0.25, 0.3) is 5.91 Å². The second kappa shape index (κ2) is 16.0. The van der Waals surface area contributed by atoms with E-state index < -0.39 is 37.8 Å². The van der Waals surface area contributed by atoms with Gasteiger partial charge in [-0.15, -0.1) is 0 Å². The molecule has 57 heavy (non-hydrogen) atoms. The Morgan fingerprint density at radius 2 is 1.30 bits per heavy atom. The van der Waals surface area contributed by atoms with Crippen LogP contribution in [0.4, 0.5) is 26.0 Å². The van der Waals surface area contributed by atoms with Crippen LogP contribution in [0.5, 0.6) is 0 Å². The summed E-state index contributed by atoms with van der Waals surface area (Å²) >= 11 is 0. The normalized spacial score (nSPS) is 11.9. The lowest BCUT2D eigenvalue weighted by Crippen LogP contribution is -2.38. The monoisotopic (exact) mass is 784 g/mol. The molecule has 0 unspecified atom stereocenters. The van der Waals surface area contributed by atoms with E-state index >= 15 is 0 Å². The number of sulfone groups is 1. The Hall–Kier alpha value is -6.37. The van der Waals surface area contributed by atoms with Crippen LogP contribution in [0.3, 0.4) is 0 Å². The number of halogens is 2. The summed E-state index contributed by atoms with van der Waals surface area (Å²) in [5, 5.41) is 8.34. The van der Waals surface area contributed by atoms with E-state index in [-0.39, 0.29) is 27.4 Å². The predicted molar refractivity (Wildman–Crippen MR) is 221 cm³/mol. The Balaban J connectivity index is 1.45. The maximum absolute atomic E-state index is 14.3. The summed E-state index contributed by atoms with van der Waals surface area (Å²) in [7, 11) is -0.438. The summed E-state index contributed by atoms with van der Waals surface area (Å²) in [4.78, 5) is 17.7. The second-order valence-electron chi connectivity index (χ2n) is 14.0. The van der Waals surface area contributed by atoms with Crippen LogP contribution in [-0.4, -0.2) is 62.7 Å². The quantitative estimate of drug-likeness (QED) is 0.0896. The minimum Gasteiger partial charge on any atom is -0.398 e. The molecule has 7 aromatic rings. The number of likely N-dealkylation sites (N-methyl/N-ethyl adjacent to an activating group) is 2. The molecule has 0 saturated carbocycles. The summed E-state index contributed by atoms with van der Waals surface area (Å²) < 4.78 is 58.4. The molecule has 0 spiro atoms. The lowest BCUT2D eigenvalue weighted by atomic mass is 9.77. The van der Waals surface area contributed by atoms with Crippen LogP contribution in [0.25, 0.3) is 10.9 Å². The lowest BCUT2D eigenvalue weighted by Gasteiger charge is -2.37. The second-order valence-corrected chi connectivity index (χ2v) is 15.9. The van der Waals surface area contributed by atoms with Gasteiger partial charge in [0.05, 0.1) is 20.9 Å². The Labute approximate surface area is 330 Å². The fourth-order valence-corrected chi connectivity index (χ4v) is 8.58. The highest BCUT2D eigenvalue weighted by Gasteiger charge is 2.41. The molecule has 290 valence electrons. The molecule has 1 heterocycles. The topological polar surface area (TPSA) is 114 Å². The van der Waals surface area contributed by atoms with Crippen LogP contribution < -0.4 is 16.0 Å². The van der Waals surface area contributed by atoms with E-state index in [2.05, 4.69) is 15.1 Å². The molecule has 0 radical (unpaired) electrons. The van der Waals surface area contributed by atoms with E-state index in [1.807, 2.05) is 118 Å². The van der Waals surface area contributed by atoms with Gasteiger partial charge in [0.1, 0.15) is 17.2 Å². The third-order valence-electron chi connectivity index (χ3n) is 10.1. The average Bonchev–Trinajstić information content (AvgIpc) is 3.56. The van der Waals surface area contributed by atoms with E-state index in [1.165, 1.54) is 12.1 Å². The maximum atomic E-state index is 14.3. The van der Waals surface area contributed by atoms with Gasteiger partial charge in [-0.1, -0.05) is 91.0 Å². The van der Waals surface area contributed by atoms with Crippen LogP contribution in [-0.2, 0) is 15.4 Å². The zero-order chi connectivity index (χ0) is 40.3. The molecule has 0 atom stereocenters. The summed E-state index contributed by atoms with van der Waals surface area (Å²) in [6, 6.07) is 41.0. The first kappa shape index (κ1) is 38.9. The number of carbonyl (C=O) groups excluding carboxylic acids is 1. The standard InChI is InChI=1S/C45H42F2N6O3S/c1-4-52(25-24-51(2)3)36-20-22-39(41(48)29-36)44(54)49-43-40-30-37(57(55,56)38-27-34(46)26-35(47)28-38)21-23-42(40)53(50-43)45(31-14-8-5-9-15-31,32-16-10-6-11-17-32)33-18-12-7-13-19-33/h5-23,26-30H,4,24-25,48H2,1-3H3,(H,49,50,54). The van der Waals surface area contributed by atoms with Gasteiger partial charge in [-0.25, -0.2) is 21.9 Å². The van der Waals surface area contributed by atoms with Gasteiger partial charge >= 0.3 is 0 Å². The third-order valence-corrected chi connectivity index (χ3v) is 11.8. The Bertz CT molecular complexity index is 2540. The van der Waals surface area contributed by atoms with Gasteiger partial charge in [0.15, 0.2) is 5.82 Å². The first-order chi connectivity index (χ1) is 27.4. The number of carbonyl (C=O) groups is 1. The Morgan fingerprint density at radius 1 is 0.737 bits per heavy atom. The summed E-state index contributed by atoms with van der Waals surface area (Å²) in [6.07, 6.45) is 0. The van der Waals surface area contributed by atoms with Gasteiger partial charge in [0.2, 0.25) is 9.84 Å². The van der Waals surface area contributed by atoms with Crippen LogP contribution >= 0.6 is 0 Å². The molecule has 6 aromatic carbocycles. The molecule has 9 nitrogen and oxygen atoms in total. The smallest absolute Gasteiger partial charge is 0.258 e. The largest absolute Gasteiger partial charge is 0.398 e. The van der Waals surface area contributed by atoms with Crippen LogP contribution in [0.15, 0.2) is 155 Å². The van der Waals surface area contributed by atoms with E-state index in [1.54, 1.807) is 22.9 Å². The highest BCUT2D eigenvalue weighted by Crippen LogP contribution is 2.44. The van der Waals surface area contributed by atoms with Gasteiger partial charge in [0, 0.05) is 42.5 Å². The van der Waals surface area contributed by atoms with Crippen molar-refractivity contribution in [3.63, 3.8) is 0 Å². The number of nitrogens with one attached hydrogen (secondary N) is 1. The fraction of sp³-hybridized carbons (Fsp3) is 0.156. The Morgan fingerprint density at radius 3 is 1.81 bits per heavy atom. The molecular weight excluding hydrogens is 743 g/mol. The number of nitrogen functional groups attached to an aromatic ring is 1. The van der Waals surface area contributed by atoms with Crippen molar-refractivity contribution < 1.29 is 22.0 Å². The molecule has 0 fully saturated rings. The van der Waals surface area contributed by atoms with Gasteiger partial charge in [-0.2, -0.15) is 5.10 Å². The van der Waals surface area contributed by atoms with E-state index in [0.717, 1.165) is 54.1 Å². The van der Waals surface area contributed by atoms with Crippen molar-refractivity contribution in [2.24, 2.45) is 0 Å². The average molecular weight is 785 g/mol. The van der Waals surface area contributed by atoms with Crippen LogP contribution in [0.2, 0.25) is 0 Å². The van der Waals surface area contributed by atoms with Crippen molar-refractivity contribution in [1.82, 2.24) is 14.7 Å². The SMILES string of the molecule is CCN(CCN(C)C)c1ccc(C(=O)Nc2nn(C(c3ccccc3)(c3ccccc3)c3ccccc3)c3ccc(S(=O)(=O)c4cc(F)cc(F)c4)cc23)c(N)c1. The minimum absolute atomic E-state index is 0.0503. The van der Waals surface area contributed by atoms with Gasteiger partial charge < -0.3 is 20.9 Å². The fourth-order valence-electron chi connectivity index (χ4n) is 7.26. The summed E-state index contributed by atoms with van der Waals surface area (Å²) in [6.45, 7) is 4.38. The number of rotatable bonds is 13. The van der Waals surface area contributed by atoms with E-state index in [9.17, 15) is 22.0 Å². The minimum atomic E-state index is -4.45. The lowest BCUT2D eigenvalue weighted by molar-refractivity contribution is 0.102. The zero-order valence-electron chi connectivity index (χ0n) is 31.7. The molecular formula is C45H42F2N6O3S. The van der Waals surface area contributed by atoms with Gasteiger partial charge in [-0.3, -0.25) is 4.79 Å². The first-order valence-electron chi connectivity index (χ1n) is 18.4. The number of hydrogen-bond acceptors (Lipinski definition) is 7. The molecule has 0 bridgehead atoms. The molecule has 0 saturated heterocycles. The number of anilines is 3. The molecule has 1 amide bonds. The molecule has 7 rings (SSSR count). The van der Waals surface area contributed by atoms with Crippen LogP contribution in [0, 0.1) is 11.6 Å². The van der Waals surface area contributed by atoms with Crippen molar-refractivity contribution in [1.29, 1.82) is 0 Å². The Kier molecular flexibility index (Phi) is 10.9. The van der Waals surface area contributed by atoms with Crippen LogP contribution in [0.1, 0.15) is 34.0 Å². The van der Waals surface area contributed by atoms with Crippen molar-refractivity contribution in [2.45, 2.75) is 22.3 Å². The van der Waals surface area contributed by atoms with E-state index in [4.69, 9.17) is 10.8 Å². The molecule has 1 aromatic heterocycles. The van der Waals surface area contributed by atoms with Gasteiger partial charge in [-0.05, 0) is 86.2 Å². The zero-order valence-corrected chi connectivity index (χ0v) is 32.5. The van der Waals surface area contributed by atoms with Crippen molar-refractivity contribution in [2.75, 3.05) is 49.7 Å². The van der Waals surface area contributed by atoms with Crippen molar-refractivity contribution in [3.05, 3.63) is 179 Å².